The summed E-state index contributed by atoms with van der Waals surface area (Å²) in [5.74, 6) is -1.76. The van der Waals surface area contributed by atoms with E-state index >= 15 is 0 Å². The lowest BCUT2D eigenvalue weighted by molar-refractivity contribution is -0.151. The number of primary amides is 1. The molecule has 0 spiro atoms. The predicted octanol–water partition coefficient (Wildman–Crippen LogP) is 2.03. The maximum atomic E-state index is 13.5. The highest BCUT2D eigenvalue weighted by Crippen LogP contribution is 2.41. The number of nitrogens with two attached hydrogens (primary N) is 1. The lowest BCUT2D eigenvalue weighted by Gasteiger charge is -2.39. The molecule has 1 saturated heterocycles. The highest BCUT2D eigenvalue weighted by atomic mass is 32.1. The van der Waals surface area contributed by atoms with E-state index in [0.29, 0.717) is 63.7 Å². The largest absolute Gasteiger partial charge is 0.355 e. The molecule has 1 aromatic carbocycles. The number of hydrogen-bond acceptors (Lipinski definition) is 7. The van der Waals surface area contributed by atoms with Gasteiger partial charge < -0.3 is 27.0 Å². The summed E-state index contributed by atoms with van der Waals surface area (Å²) in [7, 11) is 0. The molecule has 0 radical (unpaired) electrons. The van der Waals surface area contributed by atoms with Crippen LogP contribution < -0.4 is 27.0 Å². The van der Waals surface area contributed by atoms with E-state index in [0.717, 1.165) is 18.4 Å². The quantitative estimate of drug-likeness (QED) is 0.0674. The van der Waals surface area contributed by atoms with E-state index in [1.54, 1.807) is 0 Å². The van der Waals surface area contributed by atoms with Gasteiger partial charge in [0.05, 0.1) is 5.25 Å². The van der Waals surface area contributed by atoms with Crippen molar-refractivity contribution in [2.24, 2.45) is 11.1 Å². The van der Waals surface area contributed by atoms with Crippen molar-refractivity contribution in [3.8, 4) is 0 Å². The molecule has 0 aromatic heterocycles. The highest BCUT2D eigenvalue weighted by molar-refractivity contribution is 7.81. The molecule has 1 aromatic rings. The number of hydrogen-bond donors (Lipinski definition) is 6. The van der Waals surface area contributed by atoms with Crippen LogP contribution >= 0.6 is 12.6 Å². The van der Waals surface area contributed by atoms with Crippen LogP contribution in [0.2, 0.25) is 0 Å². The number of urea groups is 1. The number of anilines is 1. The highest BCUT2D eigenvalue weighted by Gasteiger charge is 2.51. The number of amides is 7. The summed E-state index contributed by atoms with van der Waals surface area (Å²) < 4.78 is 0. The van der Waals surface area contributed by atoms with Crippen molar-refractivity contribution in [1.29, 1.82) is 0 Å². The minimum atomic E-state index is -1.25. The lowest BCUT2D eigenvalue weighted by atomic mass is 9.67. The van der Waals surface area contributed by atoms with Gasteiger partial charge in [-0.05, 0) is 69.1 Å². The van der Waals surface area contributed by atoms with Gasteiger partial charge in [0.2, 0.25) is 29.5 Å². The van der Waals surface area contributed by atoms with Crippen LogP contribution in [0, 0.1) is 5.41 Å². The molecular weight excluding hydrogens is 572 g/mol. The number of benzene rings is 1. The summed E-state index contributed by atoms with van der Waals surface area (Å²) in [4.78, 5) is 76.0. The van der Waals surface area contributed by atoms with Crippen LogP contribution in [-0.4, -0.2) is 71.4 Å². The molecule has 3 rings (SSSR count). The van der Waals surface area contributed by atoms with E-state index in [1.807, 2.05) is 24.3 Å². The van der Waals surface area contributed by atoms with Gasteiger partial charge in [0.15, 0.2) is 0 Å². The van der Waals surface area contributed by atoms with Gasteiger partial charge in [-0.3, -0.25) is 28.9 Å². The number of carbonyl (C=O) groups excluding carboxylic acids is 6. The van der Waals surface area contributed by atoms with Gasteiger partial charge in [0.1, 0.15) is 11.5 Å². The van der Waals surface area contributed by atoms with Crippen LogP contribution in [0.3, 0.4) is 0 Å². The Balaban J connectivity index is 1.52. The Morgan fingerprint density at radius 1 is 1.00 bits per heavy atom. The number of nitrogens with one attached hydrogen (secondary N) is 4. The molecule has 2 fully saturated rings. The Kier molecular flexibility index (Phi) is 12.8. The topological polar surface area (TPSA) is 180 Å². The molecule has 2 unspecified atom stereocenters. The second kappa shape index (κ2) is 16.3. The number of nitrogens with zero attached hydrogens (tertiary/aromatic N) is 1. The van der Waals surface area contributed by atoms with E-state index in [-0.39, 0.29) is 37.1 Å². The number of likely N-dealkylation sites (tertiary alicyclic amines) is 1. The van der Waals surface area contributed by atoms with Gasteiger partial charge in [-0.1, -0.05) is 31.9 Å². The number of aryl methyl sites for hydroxylation is 1. The summed E-state index contributed by atoms with van der Waals surface area (Å²) in [5, 5.41) is 10.4. The summed E-state index contributed by atoms with van der Waals surface area (Å²) in [5.41, 5.74) is 5.64. The van der Waals surface area contributed by atoms with Crippen molar-refractivity contribution in [1.82, 2.24) is 20.9 Å². The van der Waals surface area contributed by atoms with Gasteiger partial charge >= 0.3 is 6.03 Å². The van der Waals surface area contributed by atoms with E-state index in [9.17, 15) is 28.8 Å². The fraction of sp³-hybridized carbons (Fsp3) is 0.600. The minimum Gasteiger partial charge on any atom is -0.355 e. The molecular formula is C30H44N6O6S. The summed E-state index contributed by atoms with van der Waals surface area (Å²) in [6, 6.07) is 5.92. The van der Waals surface area contributed by atoms with Gasteiger partial charge in [0, 0.05) is 31.7 Å². The first kappa shape index (κ1) is 33.9. The van der Waals surface area contributed by atoms with Gasteiger partial charge in [-0.2, -0.15) is 12.6 Å². The first-order valence-corrected chi connectivity index (χ1v) is 15.6. The molecule has 2 atom stereocenters. The van der Waals surface area contributed by atoms with Crippen LogP contribution in [-0.2, 0) is 30.4 Å². The van der Waals surface area contributed by atoms with Crippen LogP contribution in [0.5, 0.6) is 0 Å². The van der Waals surface area contributed by atoms with Crippen molar-refractivity contribution in [3.63, 3.8) is 0 Å². The standard InChI is InChI=1S/C30H44N6O6S/c1-2-8-20-10-12-21(13-11-20)34-25(38)22(9-6-17-33-29(31)42)35-28(41)30(14-7-15-30)27(40)32-16-4-3-5-18-36-24(37)19-23(43)26(36)39/h10-13,22-23,43H,2-9,14-19H2,1H3,(H,32,40)(H,34,38)(H,35,41)(H3,31,33,42). The second-order valence-corrected chi connectivity index (χ2v) is 11.9. The van der Waals surface area contributed by atoms with E-state index < -0.39 is 34.6 Å². The Bertz CT molecular complexity index is 1170. The van der Waals surface area contributed by atoms with Gasteiger partial charge in [-0.25, -0.2) is 4.79 Å². The summed E-state index contributed by atoms with van der Waals surface area (Å²) in [6.45, 7) is 3.01. The third-order valence-electron chi connectivity index (χ3n) is 7.99. The zero-order chi connectivity index (χ0) is 31.4. The van der Waals surface area contributed by atoms with Crippen molar-refractivity contribution in [2.45, 2.75) is 88.8 Å². The monoisotopic (exact) mass is 616 g/mol. The van der Waals surface area contributed by atoms with Crippen LogP contribution in [0.25, 0.3) is 0 Å². The molecule has 7 amide bonds. The third-order valence-corrected chi connectivity index (χ3v) is 8.39. The summed E-state index contributed by atoms with van der Waals surface area (Å²) in [6.07, 6.45) is 6.09. The normalized spacial score (nSPS) is 18.0. The number of imide groups is 1. The lowest BCUT2D eigenvalue weighted by Crippen LogP contribution is -2.58. The SMILES string of the molecule is CCCc1ccc(NC(=O)C(CCCNC(N)=O)NC(=O)C2(C(=O)NCCCCCN3C(=O)CC(S)C3=O)CCC2)cc1. The molecule has 6 N–H and O–H groups in total. The van der Waals surface area contributed by atoms with Crippen molar-refractivity contribution in [3.05, 3.63) is 29.8 Å². The zero-order valence-electron chi connectivity index (χ0n) is 24.8. The zero-order valence-corrected chi connectivity index (χ0v) is 25.7. The molecule has 0 bridgehead atoms. The third kappa shape index (κ3) is 9.44. The first-order valence-electron chi connectivity index (χ1n) is 15.1. The number of thiol groups is 1. The molecule has 1 heterocycles. The molecule has 13 heteroatoms. The Morgan fingerprint density at radius 3 is 2.28 bits per heavy atom. The van der Waals surface area contributed by atoms with Crippen LogP contribution in [0.4, 0.5) is 10.5 Å². The average molecular weight is 617 g/mol. The molecule has 43 heavy (non-hydrogen) atoms. The number of unbranched alkanes of at least 4 members (excludes halogenated alkanes) is 2. The fourth-order valence-electron chi connectivity index (χ4n) is 5.29. The molecule has 2 aliphatic rings. The van der Waals surface area contributed by atoms with E-state index in [1.165, 1.54) is 4.90 Å². The minimum absolute atomic E-state index is 0.126. The van der Waals surface area contributed by atoms with Gasteiger partial charge in [-0.15, -0.1) is 0 Å². The van der Waals surface area contributed by atoms with Crippen LogP contribution in [0.1, 0.15) is 76.7 Å². The molecule has 236 valence electrons. The van der Waals surface area contributed by atoms with Crippen molar-refractivity contribution in [2.75, 3.05) is 25.0 Å². The smallest absolute Gasteiger partial charge is 0.312 e. The van der Waals surface area contributed by atoms with Crippen molar-refractivity contribution >= 4 is 53.9 Å². The van der Waals surface area contributed by atoms with Crippen molar-refractivity contribution < 1.29 is 28.8 Å². The summed E-state index contributed by atoms with van der Waals surface area (Å²) >= 11 is 4.12. The van der Waals surface area contributed by atoms with Gasteiger partial charge in [0.25, 0.3) is 0 Å². The Labute approximate surface area is 258 Å². The second-order valence-electron chi connectivity index (χ2n) is 11.3. The number of rotatable bonds is 17. The fourth-order valence-corrected chi connectivity index (χ4v) is 5.58. The Hall–Kier alpha value is -3.61. The van der Waals surface area contributed by atoms with E-state index in [2.05, 4.69) is 40.8 Å². The first-order chi connectivity index (χ1) is 20.6. The molecule has 1 saturated carbocycles. The predicted molar refractivity (Wildman–Crippen MR) is 165 cm³/mol. The average Bonchev–Trinajstić information content (AvgIpc) is 3.18. The molecule has 1 aliphatic carbocycles. The van der Waals surface area contributed by atoms with E-state index in [4.69, 9.17) is 5.73 Å². The Morgan fingerprint density at radius 2 is 1.70 bits per heavy atom. The maximum Gasteiger partial charge on any atom is 0.312 e. The molecule has 1 aliphatic heterocycles. The van der Waals surface area contributed by atoms with Crippen LogP contribution in [0.15, 0.2) is 24.3 Å². The maximum absolute atomic E-state index is 13.5. The number of carbonyl (C=O) groups is 6. The molecule has 12 nitrogen and oxygen atoms in total.